The molecule has 0 aliphatic carbocycles. The highest BCUT2D eigenvalue weighted by molar-refractivity contribution is 8.46. The summed E-state index contributed by atoms with van der Waals surface area (Å²) in [5.41, 5.74) is 3.18. The molecule has 0 aliphatic rings. The molecule has 0 aliphatic heterocycles. The van der Waals surface area contributed by atoms with Crippen LogP contribution in [0.25, 0.3) is 10.2 Å². The van der Waals surface area contributed by atoms with Crippen LogP contribution in [0.15, 0.2) is 29.8 Å². The number of hydrogen-bond acceptors (Lipinski definition) is 2. The lowest BCUT2D eigenvalue weighted by atomic mass is 10.3. The van der Waals surface area contributed by atoms with Crippen molar-refractivity contribution in [2.24, 2.45) is 0 Å². The molecule has 1 atom stereocenters. The molecule has 0 spiro atoms. The van der Waals surface area contributed by atoms with Crippen molar-refractivity contribution in [3.8, 4) is 0 Å². The fourth-order valence-corrected chi connectivity index (χ4v) is 3.51. The largest absolute Gasteiger partial charge is 0.243 e. The van der Waals surface area contributed by atoms with Gasteiger partial charge in [0.2, 0.25) is 10.2 Å². The van der Waals surface area contributed by atoms with Gasteiger partial charge in [-0.15, -0.1) is 0 Å². The number of aromatic nitrogens is 1. The Morgan fingerprint density at radius 2 is 2.18 bits per heavy atom. The highest BCUT2D eigenvalue weighted by Gasteiger charge is 2.11. The van der Waals surface area contributed by atoms with Crippen LogP contribution in [0.5, 0.6) is 0 Å². The molecule has 0 bridgehead atoms. The third kappa shape index (κ3) is 1.14. The third-order valence-corrected chi connectivity index (χ3v) is 4.86. The Bertz CT molecular complexity index is 367. The zero-order chi connectivity index (χ0) is 7.68. The van der Waals surface area contributed by atoms with Gasteiger partial charge in [0.05, 0.1) is 9.50 Å². The highest BCUT2D eigenvalue weighted by Crippen LogP contribution is 2.37. The first-order chi connectivity index (χ1) is 5.42. The third-order valence-electron chi connectivity index (χ3n) is 1.55. The Labute approximate surface area is 71.8 Å². The molecular formula is C8H8NS2+. The molecule has 0 amide bonds. The van der Waals surface area contributed by atoms with Crippen LogP contribution < -0.4 is 0 Å². The molecule has 0 saturated heterocycles. The van der Waals surface area contributed by atoms with Crippen molar-refractivity contribution in [2.75, 3.05) is 6.26 Å². The van der Waals surface area contributed by atoms with Crippen LogP contribution >= 0.6 is 20.3 Å². The van der Waals surface area contributed by atoms with E-state index in [0.717, 1.165) is 5.52 Å². The summed E-state index contributed by atoms with van der Waals surface area (Å²) in [4.78, 5) is 4.32. The minimum Gasteiger partial charge on any atom is -0.199 e. The van der Waals surface area contributed by atoms with Gasteiger partial charge in [-0.1, -0.05) is 12.1 Å². The van der Waals surface area contributed by atoms with Gasteiger partial charge in [-0.3, -0.25) is 0 Å². The van der Waals surface area contributed by atoms with Crippen molar-refractivity contribution in [3.63, 3.8) is 0 Å². The van der Waals surface area contributed by atoms with E-state index in [4.69, 9.17) is 0 Å². The summed E-state index contributed by atoms with van der Waals surface area (Å²) < 4.78 is 1.38. The summed E-state index contributed by atoms with van der Waals surface area (Å²) in [6.45, 7) is 0. The van der Waals surface area contributed by atoms with E-state index in [2.05, 4.69) is 29.4 Å². The summed E-state index contributed by atoms with van der Waals surface area (Å²) in [7, 11) is 2.07. The Morgan fingerprint density at radius 3 is 3.00 bits per heavy atom. The molecule has 3 heteroatoms. The molecule has 0 saturated carbocycles. The number of hydrogen-bond donors (Lipinski definition) is 0. The molecule has 1 aromatic heterocycles. The molecule has 0 radical (unpaired) electrons. The van der Waals surface area contributed by atoms with E-state index in [9.17, 15) is 0 Å². The van der Waals surface area contributed by atoms with E-state index in [-0.39, 0.29) is 9.50 Å². The molecule has 0 fully saturated rings. The highest BCUT2D eigenvalue weighted by atomic mass is 33.1. The fraction of sp³-hybridized carbons (Fsp3) is 0.125. The Morgan fingerprint density at radius 1 is 1.36 bits per heavy atom. The number of thiazole rings is 1. The first-order valence-corrected chi connectivity index (χ1v) is 6.35. The van der Waals surface area contributed by atoms with E-state index in [1.54, 1.807) is 0 Å². The molecule has 0 N–H and O–H groups in total. The molecule has 56 valence electrons. The van der Waals surface area contributed by atoms with E-state index >= 15 is 0 Å². The fourth-order valence-electron chi connectivity index (χ4n) is 1.03. The van der Waals surface area contributed by atoms with Crippen LogP contribution in [-0.2, 0) is 0 Å². The first-order valence-electron chi connectivity index (χ1n) is 3.32. The van der Waals surface area contributed by atoms with Crippen molar-refractivity contribution >= 4 is 30.5 Å². The summed E-state index contributed by atoms with van der Waals surface area (Å²) in [5, 5.41) is 0. The summed E-state index contributed by atoms with van der Waals surface area (Å²) in [6.07, 6.45) is 2.12. The van der Waals surface area contributed by atoms with Gasteiger partial charge in [-0.05, 0) is 6.07 Å². The molecule has 2 aromatic rings. The predicted octanol–water partition coefficient (Wildman–Crippen LogP) is 3.11. The monoisotopic (exact) mass is 182 g/mol. The van der Waals surface area contributed by atoms with Crippen molar-refractivity contribution < 1.29 is 0 Å². The lowest BCUT2D eigenvalue weighted by Crippen LogP contribution is -1.62. The zero-order valence-corrected chi connectivity index (χ0v) is 7.78. The van der Waals surface area contributed by atoms with Gasteiger partial charge in [-0.2, -0.15) is 4.98 Å². The normalized spacial score (nSPS) is 12.3. The standard InChI is InChI=1S/C8H8NS2/c1-10-11-6-9-7-4-2-3-5-8(7)11/h2-6H,1H3/q+1. The SMILES string of the molecule is CS[s+]1cnc2ccccc21. The van der Waals surface area contributed by atoms with Gasteiger partial charge >= 0.3 is 0 Å². The summed E-state index contributed by atoms with van der Waals surface area (Å²) in [5.74, 6) is 0. The minimum atomic E-state index is 0.216. The van der Waals surface area contributed by atoms with Crippen LogP contribution in [-0.4, -0.2) is 11.2 Å². The van der Waals surface area contributed by atoms with E-state index in [1.165, 1.54) is 4.70 Å². The van der Waals surface area contributed by atoms with Gasteiger partial charge < -0.3 is 0 Å². The predicted molar refractivity (Wildman–Crippen MR) is 53.1 cm³/mol. The number of nitrogens with zero attached hydrogens (tertiary/aromatic N) is 1. The molecule has 1 unspecified atom stereocenters. The Kier molecular flexibility index (Phi) is 1.84. The Hall–Kier alpha value is -0.540. The first kappa shape index (κ1) is 7.13. The maximum atomic E-state index is 4.32. The van der Waals surface area contributed by atoms with Gasteiger partial charge in [0.25, 0.3) is 0 Å². The van der Waals surface area contributed by atoms with Gasteiger partial charge in [0.15, 0.2) is 0 Å². The van der Waals surface area contributed by atoms with E-state index in [1.807, 2.05) is 22.4 Å². The Balaban J connectivity index is 2.76. The van der Waals surface area contributed by atoms with Crippen molar-refractivity contribution in [3.05, 3.63) is 29.8 Å². The molecule has 1 nitrogen and oxygen atoms in total. The van der Waals surface area contributed by atoms with E-state index in [0.29, 0.717) is 0 Å². The molecule has 1 heterocycles. The minimum absolute atomic E-state index is 0.216. The number of benzene rings is 1. The lowest BCUT2D eigenvalue weighted by Gasteiger charge is -1.80. The van der Waals surface area contributed by atoms with Gasteiger partial charge in [-0.25, -0.2) is 0 Å². The topological polar surface area (TPSA) is 12.9 Å². The zero-order valence-electron chi connectivity index (χ0n) is 6.15. The number of para-hydroxylation sites is 1. The van der Waals surface area contributed by atoms with Crippen molar-refractivity contribution in [2.45, 2.75) is 0 Å². The summed E-state index contributed by atoms with van der Waals surface area (Å²) in [6, 6.07) is 8.32. The maximum absolute atomic E-state index is 4.32. The number of rotatable bonds is 1. The average molecular weight is 182 g/mol. The molecule has 2 rings (SSSR count). The van der Waals surface area contributed by atoms with E-state index < -0.39 is 0 Å². The molecule has 1 aromatic carbocycles. The summed E-state index contributed by atoms with van der Waals surface area (Å²) >= 11 is 0. The second-order valence-electron chi connectivity index (χ2n) is 2.17. The lowest BCUT2D eigenvalue weighted by molar-refractivity contribution is 1.50. The van der Waals surface area contributed by atoms with Gasteiger partial charge in [0, 0.05) is 12.3 Å². The van der Waals surface area contributed by atoms with Crippen LogP contribution in [0.2, 0.25) is 0 Å². The average Bonchev–Trinajstić information content (AvgIpc) is 2.47. The van der Waals surface area contributed by atoms with Crippen molar-refractivity contribution in [1.82, 2.24) is 4.98 Å². The quantitative estimate of drug-likeness (QED) is 0.496. The van der Waals surface area contributed by atoms with Crippen LogP contribution in [0.3, 0.4) is 0 Å². The van der Waals surface area contributed by atoms with Crippen molar-refractivity contribution in [1.29, 1.82) is 0 Å². The van der Waals surface area contributed by atoms with Crippen LogP contribution in [0.1, 0.15) is 0 Å². The second-order valence-corrected chi connectivity index (χ2v) is 5.82. The molecule has 11 heavy (non-hydrogen) atoms. The second kappa shape index (κ2) is 2.83. The smallest absolute Gasteiger partial charge is 0.199 e. The number of fused-ring (bicyclic) bond motifs is 1. The van der Waals surface area contributed by atoms with Crippen LogP contribution in [0.4, 0.5) is 0 Å². The van der Waals surface area contributed by atoms with Crippen LogP contribution in [0, 0.1) is 0 Å². The molecular weight excluding hydrogens is 174 g/mol. The maximum Gasteiger partial charge on any atom is 0.243 e. The van der Waals surface area contributed by atoms with Gasteiger partial charge in [0.1, 0.15) is 16.3 Å².